The van der Waals surface area contributed by atoms with Crippen LogP contribution < -0.4 is 4.90 Å². The Morgan fingerprint density at radius 1 is 0.906 bits per heavy atom. The minimum absolute atomic E-state index is 0.145. The number of aromatic hydroxyl groups is 1. The Morgan fingerprint density at radius 3 is 2.31 bits per heavy atom. The van der Waals surface area contributed by atoms with Crippen molar-refractivity contribution < 1.29 is 9.90 Å². The lowest BCUT2D eigenvalue weighted by atomic mass is 10.2. The maximum Gasteiger partial charge on any atom is 0.271 e. The molecule has 7 heteroatoms. The number of amides is 1. The first-order chi connectivity index (χ1) is 15.7. The van der Waals surface area contributed by atoms with Crippen LogP contribution in [0.25, 0.3) is 17.3 Å². The summed E-state index contributed by atoms with van der Waals surface area (Å²) in [5.41, 5.74) is 3.46. The van der Waals surface area contributed by atoms with Crippen LogP contribution in [0.3, 0.4) is 0 Å². The van der Waals surface area contributed by atoms with Gasteiger partial charge in [-0.15, -0.1) is 11.3 Å². The highest BCUT2D eigenvalue weighted by Crippen LogP contribution is 2.38. The van der Waals surface area contributed by atoms with E-state index in [-0.39, 0.29) is 11.7 Å². The molecule has 0 spiro atoms. The highest BCUT2D eigenvalue weighted by atomic mass is 32.2. The van der Waals surface area contributed by atoms with Crippen LogP contribution in [0, 0.1) is 0 Å². The van der Waals surface area contributed by atoms with Crippen LogP contribution >= 0.6 is 23.1 Å². The molecule has 1 saturated heterocycles. The van der Waals surface area contributed by atoms with E-state index in [0.29, 0.717) is 15.2 Å². The van der Waals surface area contributed by atoms with Crippen LogP contribution in [0.1, 0.15) is 5.56 Å². The zero-order valence-electron chi connectivity index (χ0n) is 16.8. The summed E-state index contributed by atoms with van der Waals surface area (Å²) in [5, 5.41) is 12.6. The van der Waals surface area contributed by atoms with E-state index in [1.165, 1.54) is 23.1 Å². The molecule has 1 N–H and O–H groups in total. The summed E-state index contributed by atoms with van der Waals surface area (Å²) in [4.78, 5) is 24.8. The first kappa shape index (κ1) is 20.2. The summed E-state index contributed by atoms with van der Waals surface area (Å²) in [7, 11) is 0. The lowest BCUT2D eigenvalue weighted by Gasteiger charge is -2.14. The van der Waals surface area contributed by atoms with Crippen LogP contribution in [-0.2, 0) is 4.79 Å². The van der Waals surface area contributed by atoms with Crippen molar-refractivity contribution in [1.82, 2.24) is 4.98 Å². The summed E-state index contributed by atoms with van der Waals surface area (Å²) >= 11 is 2.75. The average Bonchev–Trinajstić information content (AvgIpc) is 3.41. The van der Waals surface area contributed by atoms with Crippen LogP contribution in [0.5, 0.6) is 5.75 Å². The number of rotatable bonds is 4. The summed E-state index contributed by atoms with van der Waals surface area (Å²) < 4.78 is 0. The van der Waals surface area contributed by atoms with Gasteiger partial charge in [0, 0.05) is 10.9 Å². The molecule has 32 heavy (non-hydrogen) atoms. The molecule has 0 atom stereocenters. The first-order valence-corrected chi connectivity index (χ1v) is 11.5. The molecule has 0 saturated carbocycles. The number of aliphatic imine (C=N–C) groups is 1. The third-order valence-electron chi connectivity index (χ3n) is 4.76. The predicted octanol–water partition coefficient (Wildman–Crippen LogP) is 6.32. The second kappa shape index (κ2) is 8.82. The van der Waals surface area contributed by atoms with Gasteiger partial charge in [-0.3, -0.25) is 9.69 Å². The molecule has 0 bridgehead atoms. The first-order valence-electron chi connectivity index (χ1n) is 9.85. The number of aromatic nitrogens is 1. The van der Waals surface area contributed by atoms with Gasteiger partial charge in [0.1, 0.15) is 5.75 Å². The van der Waals surface area contributed by atoms with Gasteiger partial charge in [0.2, 0.25) is 5.13 Å². The second-order valence-corrected chi connectivity index (χ2v) is 8.80. The molecule has 1 aliphatic heterocycles. The van der Waals surface area contributed by atoms with Crippen molar-refractivity contribution in [3.63, 3.8) is 0 Å². The average molecular weight is 456 g/mol. The molecule has 0 radical (unpaired) electrons. The van der Waals surface area contributed by atoms with Gasteiger partial charge in [0.05, 0.1) is 16.3 Å². The van der Waals surface area contributed by atoms with Crippen molar-refractivity contribution in [3.05, 3.63) is 101 Å². The molecular formula is C25H17N3O2S2. The molecule has 0 aliphatic carbocycles. The van der Waals surface area contributed by atoms with Crippen LogP contribution in [0.2, 0.25) is 0 Å². The fourth-order valence-corrected chi connectivity index (χ4v) is 4.95. The van der Waals surface area contributed by atoms with Gasteiger partial charge < -0.3 is 5.11 Å². The number of anilines is 1. The molecule has 5 nitrogen and oxygen atoms in total. The van der Waals surface area contributed by atoms with Gasteiger partial charge in [-0.1, -0.05) is 60.7 Å². The zero-order valence-corrected chi connectivity index (χ0v) is 18.4. The number of carbonyl (C=O) groups excluding carboxylic acids is 1. The largest absolute Gasteiger partial charge is 0.508 e. The molecule has 2 heterocycles. The molecule has 5 rings (SSSR count). The molecule has 156 valence electrons. The van der Waals surface area contributed by atoms with E-state index < -0.39 is 0 Å². The van der Waals surface area contributed by atoms with Crippen molar-refractivity contribution in [1.29, 1.82) is 0 Å². The summed E-state index contributed by atoms with van der Waals surface area (Å²) in [6, 6.07) is 26.1. The second-order valence-electron chi connectivity index (χ2n) is 6.95. The normalized spacial score (nSPS) is 16.2. The smallest absolute Gasteiger partial charge is 0.271 e. The molecule has 4 aromatic rings. The minimum Gasteiger partial charge on any atom is -0.508 e. The number of hydrogen-bond acceptors (Lipinski definition) is 6. The Hall–Kier alpha value is -3.68. The summed E-state index contributed by atoms with van der Waals surface area (Å²) in [6.45, 7) is 0. The van der Waals surface area contributed by atoms with Crippen LogP contribution in [0.15, 0.2) is 100 Å². The highest BCUT2D eigenvalue weighted by Gasteiger charge is 2.35. The Labute approximate surface area is 193 Å². The van der Waals surface area contributed by atoms with Crippen LogP contribution in [-0.4, -0.2) is 21.2 Å². The lowest BCUT2D eigenvalue weighted by molar-refractivity contribution is -0.113. The number of hydrogen-bond donors (Lipinski definition) is 1. The quantitative estimate of drug-likeness (QED) is 0.366. The van der Waals surface area contributed by atoms with Crippen molar-refractivity contribution in [2.24, 2.45) is 4.99 Å². The van der Waals surface area contributed by atoms with E-state index in [2.05, 4.69) is 4.98 Å². The highest BCUT2D eigenvalue weighted by molar-refractivity contribution is 8.19. The number of phenolic OH excluding ortho intramolecular Hbond substituents is 1. The number of amidine groups is 1. The van der Waals surface area contributed by atoms with Crippen molar-refractivity contribution in [2.45, 2.75) is 0 Å². The number of thioether (sulfide) groups is 1. The fourth-order valence-electron chi connectivity index (χ4n) is 3.21. The van der Waals surface area contributed by atoms with Gasteiger partial charge >= 0.3 is 0 Å². The van der Waals surface area contributed by atoms with Crippen molar-refractivity contribution in [3.8, 4) is 17.0 Å². The maximum atomic E-state index is 13.3. The van der Waals surface area contributed by atoms with E-state index >= 15 is 0 Å². The van der Waals surface area contributed by atoms with Gasteiger partial charge in [-0.2, -0.15) is 4.99 Å². The number of nitrogens with zero attached hydrogens (tertiary/aromatic N) is 3. The van der Waals surface area contributed by atoms with Gasteiger partial charge in [-0.25, -0.2) is 4.98 Å². The molecule has 1 amide bonds. The molecule has 0 unspecified atom stereocenters. The van der Waals surface area contributed by atoms with E-state index in [1.54, 1.807) is 29.2 Å². The minimum atomic E-state index is -0.145. The van der Waals surface area contributed by atoms with E-state index in [4.69, 9.17) is 4.99 Å². The third-order valence-corrected chi connectivity index (χ3v) is 6.47. The standard InChI is InChI=1S/C25H17N3O2S2/c29-20-13-11-17(12-14-20)15-22-23(30)28(19-9-5-2-6-10-19)25(32-22)27-24-26-21(16-31-24)18-7-3-1-4-8-18/h1-16,29H/b22-15-,27-25+. The molecule has 1 aliphatic rings. The van der Waals surface area contributed by atoms with Gasteiger partial charge in [0.25, 0.3) is 5.91 Å². The van der Waals surface area contributed by atoms with Gasteiger partial charge in [0.15, 0.2) is 5.17 Å². The van der Waals surface area contributed by atoms with Crippen molar-refractivity contribution in [2.75, 3.05) is 4.90 Å². The third kappa shape index (κ3) is 4.21. The van der Waals surface area contributed by atoms with E-state index in [1.807, 2.05) is 72.1 Å². The number of para-hydroxylation sites is 1. The Bertz CT molecular complexity index is 1310. The predicted molar refractivity (Wildman–Crippen MR) is 132 cm³/mol. The Kier molecular flexibility index (Phi) is 5.58. The Morgan fingerprint density at radius 2 is 1.59 bits per heavy atom. The van der Waals surface area contributed by atoms with Gasteiger partial charge in [-0.05, 0) is 47.7 Å². The molecular weight excluding hydrogens is 438 g/mol. The number of benzene rings is 3. The number of phenols is 1. The summed E-state index contributed by atoms with van der Waals surface area (Å²) in [5.74, 6) is 0.0385. The SMILES string of the molecule is O=C1/C(=C/c2ccc(O)cc2)S/C(=N/c2nc(-c3ccccc3)cs2)N1c1ccccc1. The summed E-state index contributed by atoms with van der Waals surface area (Å²) in [6.07, 6.45) is 1.81. The molecule has 3 aromatic carbocycles. The topological polar surface area (TPSA) is 65.8 Å². The maximum absolute atomic E-state index is 13.3. The molecule has 1 aromatic heterocycles. The Balaban J connectivity index is 1.52. The fraction of sp³-hybridized carbons (Fsp3) is 0. The number of thiazole rings is 1. The van der Waals surface area contributed by atoms with Crippen molar-refractivity contribution >= 4 is 51.1 Å². The zero-order chi connectivity index (χ0) is 21.9. The van der Waals surface area contributed by atoms with Crippen LogP contribution in [0.4, 0.5) is 10.8 Å². The van der Waals surface area contributed by atoms with E-state index in [9.17, 15) is 9.90 Å². The molecule has 1 fully saturated rings. The monoisotopic (exact) mass is 455 g/mol. The van der Waals surface area contributed by atoms with E-state index in [0.717, 1.165) is 22.5 Å². The number of carbonyl (C=O) groups is 1. The lowest BCUT2D eigenvalue weighted by Crippen LogP contribution is -2.28.